The summed E-state index contributed by atoms with van der Waals surface area (Å²) in [6.07, 6.45) is 7.17. The van der Waals surface area contributed by atoms with Gasteiger partial charge in [0.25, 0.3) is 0 Å². The lowest BCUT2D eigenvalue weighted by Gasteiger charge is -2.36. The van der Waals surface area contributed by atoms with E-state index in [1.165, 1.54) is 48.0 Å². The van der Waals surface area contributed by atoms with Gasteiger partial charge >= 0.3 is 0 Å². The Kier molecular flexibility index (Phi) is 6.17. The minimum atomic E-state index is 0.262. The molecule has 1 saturated carbocycles. The van der Waals surface area contributed by atoms with Crippen molar-refractivity contribution in [3.63, 3.8) is 0 Å². The number of nitrogens with one attached hydrogen (secondary N) is 1. The van der Waals surface area contributed by atoms with E-state index in [1.807, 2.05) is 0 Å². The van der Waals surface area contributed by atoms with Crippen LogP contribution in [0.2, 0.25) is 0 Å². The second-order valence-corrected chi connectivity index (χ2v) is 8.81. The predicted octanol–water partition coefficient (Wildman–Crippen LogP) is 6.10. The van der Waals surface area contributed by atoms with Gasteiger partial charge in [-0.2, -0.15) is 0 Å². The highest BCUT2D eigenvalue weighted by molar-refractivity contribution is 5.53. The van der Waals surface area contributed by atoms with E-state index in [9.17, 15) is 0 Å². The maximum Gasteiger partial charge on any atom is 0.0430 e. The normalized spacial score (nSPS) is 19.2. The topological polar surface area (TPSA) is 15.3 Å². The van der Waals surface area contributed by atoms with Gasteiger partial charge < -0.3 is 10.2 Å². The quantitative estimate of drug-likeness (QED) is 0.560. The summed E-state index contributed by atoms with van der Waals surface area (Å²) in [5, 5.41) is 3.62. The largest absolute Gasteiger partial charge is 0.387 e. The summed E-state index contributed by atoms with van der Waals surface area (Å²) in [6, 6.07) is 11.4. The van der Waals surface area contributed by atoms with Crippen LogP contribution in [0.4, 0.5) is 0 Å². The molecule has 0 aliphatic heterocycles. The predicted molar refractivity (Wildman–Crippen MR) is 121 cm³/mol. The maximum atomic E-state index is 4.38. The first-order valence-corrected chi connectivity index (χ1v) is 10.6. The van der Waals surface area contributed by atoms with Crippen molar-refractivity contribution in [1.29, 1.82) is 0 Å². The van der Waals surface area contributed by atoms with Crippen LogP contribution < -0.4 is 5.32 Å². The van der Waals surface area contributed by atoms with E-state index in [-0.39, 0.29) is 5.41 Å². The summed E-state index contributed by atoms with van der Waals surface area (Å²) in [5.74, 6) is 0. The molecule has 2 aliphatic rings. The Labute approximate surface area is 171 Å². The minimum Gasteiger partial charge on any atom is -0.387 e. The van der Waals surface area contributed by atoms with E-state index >= 15 is 0 Å². The lowest BCUT2D eigenvalue weighted by atomic mass is 9.75. The SMILES string of the molecule is C=C(CC1(c2ccccc2)CCCC1)NCC(C)N(C)C(=C)C1=C(C)C(=C)C1. The maximum absolute atomic E-state index is 4.38. The van der Waals surface area contributed by atoms with Gasteiger partial charge in [0.2, 0.25) is 0 Å². The summed E-state index contributed by atoms with van der Waals surface area (Å²) in [7, 11) is 2.14. The number of likely N-dealkylation sites (N-methyl/N-ethyl adjacent to an activating group) is 1. The third-order valence-corrected chi connectivity index (χ3v) is 6.95. The van der Waals surface area contributed by atoms with Crippen molar-refractivity contribution in [1.82, 2.24) is 10.2 Å². The number of hydrogen-bond donors (Lipinski definition) is 1. The molecule has 28 heavy (non-hydrogen) atoms. The van der Waals surface area contributed by atoms with E-state index in [0.717, 1.165) is 30.8 Å². The molecule has 1 aromatic carbocycles. The third-order valence-electron chi connectivity index (χ3n) is 6.95. The summed E-state index contributed by atoms with van der Waals surface area (Å²) in [5.41, 5.74) is 7.93. The molecular formula is C26H36N2. The van der Waals surface area contributed by atoms with Crippen LogP contribution in [-0.2, 0) is 5.41 Å². The Morgan fingerprint density at radius 2 is 1.82 bits per heavy atom. The molecule has 0 radical (unpaired) electrons. The minimum absolute atomic E-state index is 0.262. The molecule has 2 aliphatic carbocycles. The molecule has 0 aromatic heterocycles. The first kappa shape index (κ1) is 20.5. The second kappa shape index (κ2) is 8.43. The van der Waals surface area contributed by atoms with Crippen molar-refractivity contribution >= 4 is 0 Å². The molecule has 0 amide bonds. The molecule has 0 heterocycles. The molecule has 1 N–H and O–H groups in total. The van der Waals surface area contributed by atoms with Crippen LogP contribution in [-0.4, -0.2) is 24.5 Å². The Hall–Kier alpha value is -2.22. The van der Waals surface area contributed by atoms with Gasteiger partial charge in [-0.25, -0.2) is 0 Å². The Balaban J connectivity index is 1.56. The summed E-state index contributed by atoms with van der Waals surface area (Å²) in [4.78, 5) is 2.29. The van der Waals surface area contributed by atoms with Gasteiger partial charge in [-0.3, -0.25) is 0 Å². The van der Waals surface area contributed by atoms with Crippen molar-refractivity contribution in [3.8, 4) is 0 Å². The summed E-state index contributed by atoms with van der Waals surface area (Å²) >= 11 is 0. The van der Waals surface area contributed by atoms with Gasteiger partial charge in [0.15, 0.2) is 0 Å². The molecule has 1 fully saturated rings. The van der Waals surface area contributed by atoms with Crippen molar-refractivity contribution in [2.24, 2.45) is 0 Å². The number of nitrogens with zero attached hydrogens (tertiary/aromatic N) is 1. The zero-order valence-corrected chi connectivity index (χ0v) is 18.0. The van der Waals surface area contributed by atoms with Gasteiger partial charge in [0, 0.05) is 36.4 Å². The van der Waals surface area contributed by atoms with Gasteiger partial charge in [0.1, 0.15) is 0 Å². The Morgan fingerprint density at radius 3 is 2.39 bits per heavy atom. The van der Waals surface area contributed by atoms with Crippen molar-refractivity contribution in [2.75, 3.05) is 13.6 Å². The Morgan fingerprint density at radius 1 is 1.18 bits per heavy atom. The standard InChI is InChI=1S/C26H36N2/c1-19-16-25(22(19)4)23(5)28(6)21(3)18-27-20(2)17-26(14-10-11-15-26)24-12-8-7-9-13-24/h7-9,12-13,21,27H,1-2,5,10-11,14-18H2,3-4,6H3. The first-order chi connectivity index (χ1) is 13.3. The van der Waals surface area contributed by atoms with Crippen LogP contribution in [0, 0.1) is 0 Å². The lowest BCUT2D eigenvalue weighted by molar-refractivity contribution is 0.317. The monoisotopic (exact) mass is 376 g/mol. The first-order valence-electron chi connectivity index (χ1n) is 10.6. The van der Waals surface area contributed by atoms with E-state index in [0.29, 0.717) is 6.04 Å². The van der Waals surface area contributed by atoms with Crippen LogP contribution >= 0.6 is 0 Å². The van der Waals surface area contributed by atoms with E-state index in [4.69, 9.17) is 0 Å². The number of allylic oxidation sites excluding steroid dienone is 4. The second-order valence-electron chi connectivity index (χ2n) is 8.81. The van der Waals surface area contributed by atoms with Crippen LogP contribution in [0.1, 0.15) is 57.9 Å². The van der Waals surface area contributed by atoms with Crippen molar-refractivity contribution in [3.05, 3.63) is 83.7 Å². The molecule has 0 saturated heterocycles. The molecule has 2 nitrogen and oxygen atoms in total. The van der Waals surface area contributed by atoms with Gasteiger partial charge in [0.05, 0.1) is 0 Å². The van der Waals surface area contributed by atoms with Gasteiger partial charge in [-0.05, 0) is 61.8 Å². The summed E-state index contributed by atoms with van der Waals surface area (Å²) in [6.45, 7) is 18.1. The van der Waals surface area contributed by atoms with Crippen LogP contribution in [0.15, 0.2) is 78.2 Å². The third kappa shape index (κ3) is 4.11. The lowest BCUT2D eigenvalue weighted by Crippen LogP contribution is -2.38. The fourth-order valence-corrected chi connectivity index (χ4v) is 4.69. The smallest absolute Gasteiger partial charge is 0.0430 e. The number of rotatable bonds is 9. The van der Waals surface area contributed by atoms with Gasteiger partial charge in [-0.15, -0.1) is 0 Å². The zero-order chi connectivity index (χ0) is 20.3. The van der Waals surface area contributed by atoms with E-state index in [2.05, 4.69) is 81.2 Å². The van der Waals surface area contributed by atoms with Crippen LogP contribution in [0.25, 0.3) is 0 Å². The van der Waals surface area contributed by atoms with Crippen molar-refractivity contribution in [2.45, 2.75) is 63.8 Å². The molecule has 3 rings (SSSR count). The van der Waals surface area contributed by atoms with E-state index in [1.54, 1.807) is 0 Å². The average molecular weight is 377 g/mol. The van der Waals surface area contributed by atoms with Crippen LogP contribution in [0.3, 0.4) is 0 Å². The molecule has 1 aromatic rings. The number of benzene rings is 1. The fraction of sp³-hybridized carbons (Fsp3) is 0.462. The number of hydrogen-bond acceptors (Lipinski definition) is 2. The molecule has 150 valence electrons. The summed E-state index contributed by atoms with van der Waals surface area (Å²) < 4.78 is 0. The molecule has 2 heteroatoms. The van der Waals surface area contributed by atoms with Gasteiger partial charge in [-0.1, -0.05) is 62.9 Å². The fourth-order valence-electron chi connectivity index (χ4n) is 4.69. The molecular weight excluding hydrogens is 340 g/mol. The molecule has 0 bridgehead atoms. The molecule has 1 atom stereocenters. The highest BCUT2D eigenvalue weighted by Gasteiger charge is 2.36. The van der Waals surface area contributed by atoms with Crippen LogP contribution in [0.5, 0.6) is 0 Å². The highest BCUT2D eigenvalue weighted by Crippen LogP contribution is 2.45. The van der Waals surface area contributed by atoms with Crippen molar-refractivity contribution < 1.29 is 0 Å². The zero-order valence-electron chi connectivity index (χ0n) is 18.0. The molecule has 1 unspecified atom stereocenters. The highest BCUT2D eigenvalue weighted by atomic mass is 15.2. The molecule has 0 spiro atoms. The van der Waals surface area contributed by atoms with E-state index < -0.39 is 0 Å². The Bertz CT molecular complexity index is 778. The average Bonchev–Trinajstić information content (AvgIpc) is 3.19.